The standard InChI is InChI=1S/C61H38O2/c1-61(2)49-26-6-3-16-43(49)58-46(25-13-27-50(58)61)57-41-23-11-19-37(39-21-9-14-35-30-32-53-59(55(35)39)44-17-4-7-28-51(44)62-53)47(41)34-48-38(20-12-24-42(48)57)40-22-10-15-36-31-33-54-60(56(36)40)45-18-5-8-29-52(45)63-54/h3-34H,1-2H3. The quantitative estimate of drug-likeness (QED) is 0.166. The van der Waals surface area contributed by atoms with Gasteiger partial charge in [-0.2, -0.15) is 0 Å². The van der Waals surface area contributed by atoms with E-state index in [1.54, 1.807) is 0 Å². The van der Waals surface area contributed by atoms with Gasteiger partial charge in [0.2, 0.25) is 0 Å². The number of para-hydroxylation sites is 2. The van der Waals surface area contributed by atoms with Gasteiger partial charge in [-0.05, 0) is 118 Å². The van der Waals surface area contributed by atoms with E-state index in [0.717, 1.165) is 43.9 Å². The van der Waals surface area contributed by atoms with E-state index in [1.165, 1.54) is 98.7 Å². The van der Waals surface area contributed by atoms with E-state index < -0.39 is 0 Å². The van der Waals surface area contributed by atoms with E-state index in [2.05, 4.69) is 208 Å². The summed E-state index contributed by atoms with van der Waals surface area (Å²) in [4.78, 5) is 0. The van der Waals surface area contributed by atoms with Gasteiger partial charge in [0.1, 0.15) is 22.3 Å². The van der Waals surface area contributed by atoms with E-state index in [9.17, 15) is 0 Å². The van der Waals surface area contributed by atoms with Crippen LogP contribution in [0.5, 0.6) is 0 Å². The Balaban J connectivity index is 1.16. The molecule has 63 heavy (non-hydrogen) atoms. The minimum Gasteiger partial charge on any atom is -0.456 e. The Hall–Kier alpha value is -7.94. The smallest absolute Gasteiger partial charge is 0.136 e. The molecule has 0 saturated carbocycles. The summed E-state index contributed by atoms with van der Waals surface area (Å²) < 4.78 is 13.0. The first-order valence-electron chi connectivity index (χ1n) is 21.9. The molecular weight excluding hydrogens is 765 g/mol. The molecule has 0 unspecified atom stereocenters. The average Bonchev–Trinajstić information content (AvgIpc) is 3.98. The van der Waals surface area contributed by atoms with Crippen LogP contribution in [0, 0.1) is 0 Å². The predicted molar refractivity (Wildman–Crippen MR) is 265 cm³/mol. The number of hydrogen-bond acceptors (Lipinski definition) is 2. The zero-order valence-corrected chi connectivity index (χ0v) is 34.8. The summed E-state index contributed by atoms with van der Waals surface area (Å²) in [7, 11) is 0. The van der Waals surface area contributed by atoms with Crippen molar-refractivity contribution < 1.29 is 8.83 Å². The third-order valence-electron chi connectivity index (χ3n) is 14.3. The summed E-state index contributed by atoms with van der Waals surface area (Å²) >= 11 is 0. The largest absolute Gasteiger partial charge is 0.456 e. The molecule has 294 valence electrons. The SMILES string of the molecule is CC1(C)c2ccccc2-c2c(-c3c4cccc(-c5cccc6ccc7oc8ccccc8c7c56)c4cc4c(-c5cccc6ccc7oc8ccccc8c7c56)cccc34)cccc21. The van der Waals surface area contributed by atoms with Gasteiger partial charge in [-0.15, -0.1) is 0 Å². The second-order valence-corrected chi connectivity index (χ2v) is 17.8. The zero-order valence-electron chi connectivity index (χ0n) is 34.8. The van der Waals surface area contributed by atoms with Crippen LogP contribution in [0.4, 0.5) is 0 Å². The highest BCUT2D eigenvalue weighted by Gasteiger charge is 2.37. The van der Waals surface area contributed by atoms with E-state index >= 15 is 0 Å². The molecule has 1 aliphatic carbocycles. The fourth-order valence-corrected chi connectivity index (χ4v) is 11.5. The maximum atomic E-state index is 6.51. The lowest BCUT2D eigenvalue weighted by Crippen LogP contribution is -2.14. The van der Waals surface area contributed by atoms with Gasteiger partial charge in [0.15, 0.2) is 0 Å². The lowest BCUT2D eigenvalue weighted by Gasteiger charge is -2.22. The van der Waals surface area contributed by atoms with Crippen molar-refractivity contribution >= 4 is 87.0 Å². The summed E-state index contributed by atoms with van der Waals surface area (Å²) in [5.41, 5.74) is 16.2. The molecular formula is C61H38O2. The number of hydrogen-bond donors (Lipinski definition) is 0. The Morgan fingerprint density at radius 1 is 0.286 bits per heavy atom. The fraction of sp³-hybridized carbons (Fsp3) is 0.0492. The van der Waals surface area contributed by atoms with Gasteiger partial charge in [-0.3, -0.25) is 0 Å². The molecule has 0 bridgehead atoms. The highest BCUT2D eigenvalue weighted by atomic mass is 16.3. The molecule has 0 amide bonds. The van der Waals surface area contributed by atoms with Gasteiger partial charge < -0.3 is 8.83 Å². The summed E-state index contributed by atoms with van der Waals surface area (Å²) in [6, 6.07) is 71.4. The van der Waals surface area contributed by atoms with Crippen molar-refractivity contribution in [3.63, 3.8) is 0 Å². The van der Waals surface area contributed by atoms with Gasteiger partial charge in [0.05, 0.1) is 0 Å². The van der Waals surface area contributed by atoms with Crippen molar-refractivity contribution in [3.05, 3.63) is 205 Å². The lowest BCUT2D eigenvalue weighted by molar-refractivity contribution is 0.660. The van der Waals surface area contributed by atoms with Crippen molar-refractivity contribution in [1.82, 2.24) is 0 Å². The van der Waals surface area contributed by atoms with E-state index in [4.69, 9.17) is 8.83 Å². The first-order valence-corrected chi connectivity index (χ1v) is 21.9. The van der Waals surface area contributed by atoms with Crippen molar-refractivity contribution in [2.75, 3.05) is 0 Å². The Bertz CT molecular complexity index is 3910. The highest BCUT2D eigenvalue weighted by Crippen LogP contribution is 2.55. The summed E-state index contributed by atoms with van der Waals surface area (Å²) in [5.74, 6) is 0. The van der Waals surface area contributed by atoms with Crippen molar-refractivity contribution in [2.24, 2.45) is 0 Å². The number of rotatable bonds is 3. The topological polar surface area (TPSA) is 26.3 Å². The molecule has 0 fully saturated rings. The summed E-state index contributed by atoms with van der Waals surface area (Å²) in [6.45, 7) is 4.75. The maximum Gasteiger partial charge on any atom is 0.136 e. The van der Waals surface area contributed by atoms with Gasteiger partial charge in [-0.1, -0.05) is 178 Å². The summed E-state index contributed by atoms with van der Waals surface area (Å²) in [5, 5.41) is 14.3. The van der Waals surface area contributed by atoms with Crippen LogP contribution in [0.1, 0.15) is 25.0 Å². The number of fused-ring (bicyclic) bond motifs is 15. The predicted octanol–water partition coefficient (Wildman–Crippen LogP) is 17.4. The third-order valence-corrected chi connectivity index (χ3v) is 14.3. The molecule has 2 heterocycles. The van der Waals surface area contributed by atoms with Crippen molar-refractivity contribution in [1.29, 1.82) is 0 Å². The van der Waals surface area contributed by atoms with Crippen LogP contribution in [0.2, 0.25) is 0 Å². The second-order valence-electron chi connectivity index (χ2n) is 17.8. The van der Waals surface area contributed by atoms with Gasteiger partial charge in [0.25, 0.3) is 0 Å². The van der Waals surface area contributed by atoms with Crippen LogP contribution < -0.4 is 0 Å². The van der Waals surface area contributed by atoms with E-state index in [0.29, 0.717) is 0 Å². The summed E-state index contributed by atoms with van der Waals surface area (Å²) in [6.07, 6.45) is 0. The molecule has 0 radical (unpaired) electrons. The molecule has 2 nitrogen and oxygen atoms in total. The molecule has 13 aromatic rings. The van der Waals surface area contributed by atoms with Crippen LogP contribution >= 0.6 is 0 Å². The first kappa shape index (κ1) is 34.7. The molecule has 0 aliphatic heterocycles. The average molecular weight is 803 g/mol. The molecule has 0 N–H and O–H groups in total. The van der Waals surface area contributed by atoms with Gasteiger partial charge in [-0.25, -0.2) is 0 Å². The molecule has 14 rings (SSSR count). The van der Waals surface area contributed by atoms with E-state index in [1.807, 2.05) is 0 Å². The minimum atomic E-state index is -0.137. The van der Waals surface area contributed by atoms with E-state index in [-0.39, 0.29) is 5.41 Å². The van der Waals surface area contributed by atoms with Crippen molar-refractivity contribution in [2.45, 2.75) is 19.3 Å². The fourth-order valence-electron chi connectivity index (χ4n) is 11.5. The van der Waals surface area contributed by atoms with Gasteiger partial charge in [0, 0.05) is 37.7 Å². The van der Waals surface area contributed by atoms with Crippen LogP contribution in [0.25, 0.3) is 131 Å². The van der Waals surface area contributed by atoms with Crippen molar-refractivity contribution in [3.8, 4) is 44.5 Å². The zero-order chi connectivity index (χ0) is 41.6. The first-order chi connectivity index (χ1) is 31.0. The second kappa shape index (κ2) is 12.6. The Labute approximate surface area is 363 Å². The van der Waals surface area contributed by atoms with Crippen LogP contribution in [-0.4, -0.2) is 0 Å². The number of furan rings is 2. The molecule has 2 heteroatoms. The molecule has 1 aliphatic rings. The van der Waals surface area contributed by atoms with Crippen LogP contribution in [0.15, 0.2) is 203 Å². The molecule has 2 aromatic heterocycles. The Morgan fingerprint density at radius 3 is 1.33 bits per heavy atom. The molecule has 0 spiro atoms. The Morgan fingerprint density at radius 2 is 0.730 bits per heavy atom. The Kier molecular flexibility index (Phi) is 6.93. The molecule has 0 saturated heterocycles. The highest BCUT2D eigenvalue weighted by molar-refractivity contribution is 6.28. The maximum absolute atomic E-state index is 6.51. The molecule has 0 atom stereocenters. The monoisotopic (exact) mass is 802 g/mol. The lowest BCUT2D eigenvalue weighted by atomic mass is 9.80. The number of benzene rings is 11. The van der Waals surface area contributed by atoms with Crippen LogP contribution in [-0.2, 0) is 5.41 Å². The normalized spacial score (nSPS) is 13.4. The van der Waals surface area contributed by atoms with Gasteiger partial charge >= 0.3 is 0 Å². The minimum absolute atomic E-state index is 0.137. The third kappa shape index (κ3) is 4.67. The molecule has 11 aromatic carbocycles. The van der Waals surface area contributed by atoms with Crippen LogP contribution in [0.3, 0.4) is 0 Å².